The van der Waals surface area contributed by atoms with Crippen LogP contribution in [0.25, 0.3) is 0 Å². The van der Waals surface area contributed by atoms with Gasteiger partial charge in [0.1, 0.15) is 5.60 Å². The van der Waals surface area contributed by atoms with Crippen molar-refractivity contribution in [1.29, 1.82) is 0 Å². The van der Waals surface area contributed by atoms with Crippen molar-refractivity contribution in [3.63, 3.8) is 0 Å². The SMILES string of the molecule is CC(C)(C)OC(=O)N(NC(=O)O)C(C)(C)CO. The number of amides is 2. The van der Waals surface area contributed by atoms with Gasteiger partial charge in [-0.15, -0.1) is 0 Å². The molecule has 0 aromatic heterocycles. The fourth-order valence-electron chi connectivity index (χ4n) is 0.918. The van der Waals surface area contributed by atoms with Crippen LogP contribution in [-0.4, -0.2) is 45.2 Å². The van der Waals surface area contributed by atoms with E-state index in [9.17, 15) is 9.59 Å². The van der Waals surface area contributed by atoms with E-state index in [0.29, 0.717) is 0 Å². The average molecular weight is 248 g/mol. The Morgan fingerprint density at radius 2 is 1.71 bits per heavy atom. The molecule has 0 bridgehead atoms. The van der Waals surface area contributed by atoms with Crippen molar-refractivity contribution in [3.8, 4) is 0 Å². The zero-order chi connectivity index (χ0) is 13.9. The number of nitrogens with one attached hydrogen (secondary N) is 1. The van der Waals surface area contributed by atoms with Gasteiger partial charge in [0.15, 0.2) is 0 Å². The van der Waals surface area contributed by atoms with Crippen molar-refractivity contribution >= 4 is 12.2 Å². The van der Waals surface area contributed by atoms with Gasteiger partial charge in [0, 0.05) is 0 Å². The Kier molecular flexibility index (Phi) is 4.76. The summed E-state index contributed by atoms with van der Waals surface area (Å²) in [7, 11) is 0. The van der Waals surface area contributed by atoms with Gasteiger partial charge < -0.3 is 14.9 Å². The smallest absolute Gasteiger partial charge is 0.429 e. The van der Waals surface area contributed by atoms with Gasteiger partial charge in [0.25, 0.3) is 0 Å². The highest BCUT2D eigenvalue weighted by Gasteiger charge is 2.35. The molecule has 0 aromatic carbocycles. The standard InChI is InChI=1S/C10H20N2O5/c1-9(2,3)17-8(16)12(11-7(14)15)10(4,5)6-13/h11,13H,6H2,1-5H3,(H,14,15). The molecule has 7 nitrogen and oxygen atoms in total. The van der Waals surface area contributed by atoms with Crippen molar-refractivity contribution in [1.82, 2.24) is 10.4 Å². The molecule has 0 aliphatic heterocycles. The quantitative estimate of drug-likeness (QED) is 0.637. The van der Waals surface area contributed by atoms with Crippen LogP contribution < -0.4 is 5.43 Å². The highest BCUT2D eigenvalue weighted by Crippen LogP contribution is 2.16. The first-order valence-corrected chi connectivity index (χ1v) is 5.13. The molecule has 0 heterocycles. The molecule has 0 saturated heterocycles. The summed E-state index contributed by atoms with van der Waals surface area (Å²) in [6.45, 7) is 7.59. The van der Waals surface area contributed by atoms with E-state index >= 15 is 0 Å². The number of carboxylic acid groups (broad SMARTS) is 1. The van der Waals surface area contributed by atoms with Gasteiger partial charge in [-0.25, -0.2) is 20.0 Å². The predicted octanol–water partition coefficient (Wildman–Crippen LogP) is 1.18. The Morgan fingerprint density at radius 3 is 2.00 bits per heavy atom. The summed E-state index contributed by atoms with van der Waals surface area (Å²) in [5.74, 6) is 0. The van der Waals surface area contributed by atoms with Crippen LogP contribution in [0.15, 0.2) is 0 Å². The van der Waals surface area contributed by atoms with E-state index in [1.54, 1.807) is 20.8 Å². The minimum Gasteiger partial charge on any atom is -0.464 e. The van der Waals surface area contributed by atoms with Crippen LogP contribution in [0.5, 0.6) is 0 Å². The normalized spacial score (nSPS) is 11.9. The monoisotopic (exact) mass is 248 g/mol. The van der Waals surface area contributed by atoms with E-state index in [0.717, 1.165) is 5.01 Å². The number of carbonyl (C=O) groups excluding carboxylic acids is 1. The molecule has 17 heavy (non-hydrogen) atoms. The number of aliphatic hydroxyl groups is 1. The summed E-state index contributed by atoms with van der Waals surface area (Å²) >= 11 is 0. The summed E-state index contributed by atoms with van der Waals surface area (Å²) in [4.78, 5) is 22.4. The Morgan fingerprint density at radius 1 is 1.24 bits per heavy atom. The van der Waals surface area contributed by atoms with Gasteiger partial charge in [0.05, 0.1) is 12.1 Å². The molecule has 0 aromatic rings. The number of nitrogens with zero attached hydrogens (tertiary/aromatic N) is 1. The van der Waals surface area contributed by atoms with Gasteiger partial charge in [-0.3, -0.25) is 0 Å². The van der Waals surface area contributed by atoms with Crippen LogP contribution in [0.2, 0.25) is 0 Å². The van der Waals surface area contributed by atoms with Gasteiger partial charge >= 0.3 is 12.2 Å². The minimum absolute atomic E-state index is 0.410. The Bertz CT molecular complexity index is 296. The van der Waals surface area contributed by atoms with Crippen molar-refractivity contribution < 1.29 is 24.5 Å². The molecular weight excluding hydrogens is 228 g/mol. The van der Waals surface area contributed by atoms with Crippen LogP contribution in [0.1, 0.15) is 34.6 Å². The highest BCUT2D eigenvalue weighted by atomic mass is 16.6. The highest BCUT2D eigenvalue weighted by molar-refractivity contribution is 5.73. The summed E-state index contributed by atoms with van der Waals surface area (Å²) in [5, 5.41) is 18.5. The number of aliphatic hydroxyl groups excluding tert-OH is 1. The van der Waals surface area contributed by atoms with Gasteiger partial charge in [-0.1, -0.05) is 0 Å². The maximum atomic E-state index is 11.8. The molecule has 0 saturated carbocycles. The van der Waals surface area contributed by atoms with E-state index in [1.165, 1.54) is 13.8 Å². The number of carbonyl (C=O) groups is 2. The summed E-state index contributed by atoms with van der Waals surface area (Å²) in [6, 6.07) is 0. The van der Waals surface area contributed by atoms with E-state index in [2.05, 4.69) is 0 Å². The first-order valence-electron chi connectivity index (χ1n) is 5.13. The number of hydrogen-bond donors (Lipinski definition) is 3. The summed E-state index contributed by atoms with van der Waals surface area (Å²) in [6.07, 6.45) is -2.27. The summed E-state index contributed by atoms with van der Waals surface area (Å²) in [5.41, 5.74) is 0.0634. The van der Waals surface area contributed by atoms with Crippen molar-refractivity contribution in [2.75, 3.05) is 6.61 Å². The molecule has 0 unspecified atom stereocenters. The lowest BCUT2D eigenvalue weighted by atomic mass is 10.1. The van der Waals surface area contributed by atoms with Crippen LogP contribution in [-0.2, 0) is 4.74 Å². The molecule has 2 amide bonds. The Balaban J connectivity index is 4.93. The second kappa shape index (κ2) is 5.22. The lowest BCUT2D eigenvalue weighted by Gasteiger charge is -2.36. The van der Waals surface area contributed by atoms with Gasteiger partial charge in [-0.2, -0.15) is 0 Å². The zero-order valence-electron chi connectivity index (χ0n) is 10.8. The Hall–Kier alpha value is -1.50. The molecule has 0 aliphatic rings. The third-order valence-electron chi connectivity index (χ3n) is 1.78. The largest absolute Gasteiger partial charge is 0.464 e. The van der Waals surface area contributed by atoms with Crippen LogP contribution >= 0.6 is 0 Å². The molecule has 0 spiro atoms. The van der Waals surface area contributed by atoms with E-state index in [-0.39, 0.29) is 0 Å². The fraction of sp³-hybridized carbons (Fsp3) is 0.800. The first-order chi connectivity index (χ1) is 7.49. The third kappa shape index (κ3) is 5.39. The molecule has 0 fully saturated rings. The van der Waals surface area contributed by atoms with Crippen LogP contribution in [0, 0.1) is 0 Å². The van der Waals surface area contributed by atoms with Crippen molar-refractivity contribution in [2.24, 2.45) is 0 Å². The maximum absolute atomic E-state index is 11.8. The topological polar surface area (TPSA) is 99.1 Å². The second-order valence-electron chi connectivity index (χ2n) is 5.20. The van der Waals surface area contributed by atoms with E-state index in [1.807, 2.05) is 5.43 Å². The minimum atomic E-state index is -1.41. The maximum Gasteiger partial charge on any atom is 0.429 e. The Labute approximate surface area is 100 Å². The summed E-state index contributed by atoms with van der Waals surface area (Å²) < 4.78 is 5.04. The lowest BCUT2D eigenvalue weighted by Crippen LogP contribution is -2.59. The number of hydrazine groups is 1. The number of rotatable bonds is 2. The van der Waals surface area contributed by atoms with Crippen LogP contribution in [0.4, 0.5) is 9.59 Å². The number of ether oxygens (including phenoxy) is 1. The molecule has 0 atom stereocenters. The lowest BCUT2D eigenvalue weighted by molar-refractivity contribution is -0.0263. The first kappa shape index (κ1) is 15.5. The van der Waals surface area contributed by atoms with E-state index < -0.39 is 29.9 Å². The molecule has 7 heteroatoms. The molecule has 0 radical (unpaired) electrons. The third-order valence-corrected chi connectivity index (χ3v) is 1.78. The van der Waals surface area contributed by atoms with Crippen molar-refractivity contribution in [2.45, 2.75) is 45.8 Å². The average Bonchev–Trinajstić information content (AvgIpc) is 2.10. The van der Waals surface area contributed by atoms with Gasteiger partial charge in [0.2, 0.25) is 0 Å². The van der Waals surface area contributed by atoms with E-state index in [4.69, 9.17) is 14.9 Å². The van der Waals surface area contributed by atoms with Crippen molar-refractivity contribution in [3.05, 3.63) is 0 Å². The van der Waals surface area contributed by atoms with Crippen LogP contribution in [0.3, 0.4) is 0 Å². The zero-order valence-corrected chi connectivity index (χ0v) is 10.8. The molecular formula is C10H20N2O5. The molecule has 3 N–H and O–H groups in total. The second-order valence-corrected chi connectivity index (χ2v) is 5.20. The number of hydrogen-bond acceptors (Lipinski definition) is 4. The van der Waals surface area contributed by atoms with Gasteiger partial charge in [-0.05, 0) is 34.6 Å². The molecule has 0 aliphatic carbocycles. The molecule has 100 valence electrons. The molecule has 0 rings (SSSR count). The fourth-order valence-corrected chi connectivity index (χ4v) is 0.918. The predicted molar refractivity (Wildman–Crippen MR) is 60.4 cm³/mol.